The largest absolute Gasteiger partial charge is 0.308 e. The number of nitrogens with one attached hydrogen (secondary N) is 2. The van der Waals surface area contributed by atoms with Crippen LogP contribution in [0.25, 0.3) is 0 Å². The number of amides is 1. The maximum atomic E-state index is 11.8. The van der Waals surface area contributed by atoms with Crippen molar-refractivity contribution in [2.75, 3.05) is 11.1 Å². The lowest BCUT2D eigenvalue weighted by molar-refractivity contribution is -0.113. The molecule has 19 heavy (non-hydrogen) atoms. The third kappa shape index (κ3) is 4.13. The lowest BCUT2D eigenvalue weighted by atomic mass is 10.1. The predicted molar refractivity (Wildman–Crippen MR) is 78.5 cm³/mol. The van der Waals surface area contributed by atoms with Crippen LogP contribution in [0.4, 0.5) is 5.82 Å². The smallest absolute Gasteiger partial charge is 0.235 e. The first-order chi connectivity index (χ1) is 9.15. The summed E-state index contributed by atoms with van der Waals surface area (Å²) < 4.78 is 0. The molecule has 0 aliphatic heterocycles. The van der Waals surface area contributed by atoms with Crippen LogP contribution in [0, 0.1) is 0 Å². The Morgan fingerprint density at radius 1 is 1.37 bits per heavy atom. The summed E-state index contributed by atoms with van der Waals surface area (Å²) in [5.74, 6) is 1.29. The highest BCUT2D eigenvalue weighted by molar-refractivity contribution is 8.00. The van der Waals surface area contributed by atoms with Crippen LogP contribution >= 0.6 is 11.8 Å². The van der Waals surface area contributed by atoms with Crippen LogP contribution in [0.3, 0.4) is 0 Å². The van der Waals surface area contributed by atoms with Crippen LogP contribution < -0.4 is 5.32 Å². The lowest BCUT2D eigenvalue weighted by Gasteiger charge is -2.02. The third-order valence-electron chi connectivity index (χ3n) is 2.60. The molecule has 0 unspecified atom stereocenters. The number of thioether (sulfide) groups is 1. The molecule has 1 aromatic heterocycles. The molecule has 100 valence electrons. The summed E-state index contributed by atoms with van der Waals surface area (Å²) in [6, 6.07) is 11.7. The molecule has 0 saturated heterocycles. The number of benzene rings is 1. The van der Waals surface area contributed by atoms with Gasteiger partial charge in [0.25, 0.3) is 0 Å². The zero-order valence-corrected chi connectivity index (χ0v) is 11.8. The maximum Gasteiger partial charge on any atom is 0.235 e. The van der Waals surface area contributed by atoms with Gasteiger partial charge in [-0.2, -0.15) is 5.10 Å². The molecule has 0 spiro atoms. The Hall–Kier alpha value is -1.75. The average molecular weight is 275 g/mol. The first-order valence-electron chi connectivity index (χ1n) is 6.18. The van der Waals surface area contributed by atoms with Crippen molar-refractivity contribution in [3.63, 3.8) is 0 Å². The number of aromatic amines is 1. The number of carbonyl (C=O) groups is 1. The fourth-order valence-corrected chi connectivity index (χ4v) is 2.26. The second-order valence-corrected chi connectivity index (χ2v) is 5.56. The monoisotopic (exact) mass is 275 g/mol. The number of aromatic nitrogens is 2. The Balaban J connectivity index is 1.84. The number of H-pyrrole nitrogens is 1. The molecule has 0 saturated carbocycles. The standard InChI is InChI=1S/C14H17N3OS/c1-10(2)12-8-13(17-16-12)15-14(18)9-19-11-6-4-3-5-7-11/h3-8,10H,9H2,1-2H3,(H2,15,16,17,18). The number of hydrogen-bond acceptors (Lipinski definition) is 3. The van der Waals surface area contributed by atoms with E-state index in [4.69, 9.17) is 0 Å². The van der Waals surface area contributed by atoms with Crippen LogP contribution in [0.15, 0.2) is 41.3 Å². The second-order valence-electron chi connectivity index (χ2n) is 4.51. The molecule has 0 radical (unpaired) electrons. The van der Waals surface area contributed by atoms with Crippen molar-refractivity contribution in [1.29, 1.82) is 0 Å². The van der Waals surface area contributed by atoms with Crippen molar-refractivity contribution < 1.29 is 4.79 Å². The van der Waals surface area contributed by atoms with Gasteiger partial charge in [-0.3, -0.25) is 9.89 Å². The number of rotatable bonds is 5. The van der Waals surface area contributed by atoms with Gasteiger partial charge in [0.1, 0.15) is 0 Å². The van der Waals surface area contributed by atoms with Gasteiger partial charge in [-0.15, -0.1) is 11.8 Å². The summed E-state index contributed by atoms with van der Waals surface area (Å²) >= 11 is 1.51. The minimum absolute atomic E-state index is 0.0457. The number of carbonyl (C=O) groups excluding carboxylic acids is 1. The van der Waals surface area contributed by atoms with E-state index in [1.54, 1.807) is 0 Å². The van der Waals surface area contributed by atoms with E-state index in [2.05, 4.69) is 29.4 Å². The first-order valence-corrected chi connectivity index (χ1v) is 7.16. The number of anilines is 1. The molecule has 0 fully saturated rings. The fourth-order valence-electron chi connectivity index (χ4n) is 1.54. The van der Waals surface area contributed by atoms with Gasteiger partial charge < -0.3 is 5.32 Å². The van der Waals surface area contributed by atoms with Crippen LogP contribution in [0.2, 0.25) is 0 Å². The van der Waals surface area contributed by atoms with Crippen LogP contribution in [0.5, 0.6) is 0 Å². The van der Waals surface area contributed by atoms with E-state index in [0.717, 1.165) is 10.6 Å². The highest BCUT2D eigenvalue weighted by Gasteiger charge is 2.08. The summed E-state index contributed by atoms with van der Waals surface area (Å²) in [4.78, 5) is 12.9. The van der Waals surface area contributed by atoms with E-state index in [1.165, 1.54) is 11.8 Å². The molecule has 0 aliphatic carbocycles. The van der Waals surface area contributed by atoms with E-state index < -0.39 is 0 Å². The molecule has 1 heterocycles. The number of hydrogen-bond donors (Lipinski definition) is 2. The minimum Gasteiger partial charge on any atom is -0.308 e. The molecule has 0 aliphatic rings. The van der Waals surface area contributed by atoms with Crippen LogP contribution in [-0.2, 0) is 4.79 Å². The van der Waals surface area contributed by atoms with E-state index in [-0.39, 0.29) is 5.91 Å². The third-order valence-corrected chi connectivity index (χ3v) is 3.61. The Kier molecular flexibility index (Phi) is 4.63. The molecule has 2 N–H and O–H groups in total. The van der Waals surface area contributed by atoms with Crippen molar-refractivity contribution in [2.45, 2.75) is 24.7 Å². The van der Waals surface area contributed by atoms with Crippen molar-refractivity contribution >= 4 is 23.5 Å². The Labute approximate surface area is 117 Å². The predicted octanol–water partition coefficient (Wildman–Crippen LogP) is 3.26. The van der Waals surface area contributed by atoms with Crippen molar-refractivity contribution in [2.24, 2.45) is 0 Å². The van der Waals surface area contributed by atoms with Crippen molar-refractivity contribution in [3.8, 4) is 0 Å². The SMILES string of the molecule is CC(C)c1cc(NC(=O)CSc2ccccc2)n[nH]1. The molecular weight excluding hydrogens is 258 g/mol. The molecule has 1 aromatic carbocycles. The van der Waals surface area contributed by atoms with Gasteiger partial charge in [-0.25, -0.2) is 0 Å². The van der Waals surface area contributed by atoms with Gasteiger partial charge in [-0.1, -0.05) is 32.0 Å². The van der Waals surface area contributed by atoms with E-state index in [9.17, 15) is 4.79 Å². The zero-order chi connectivity index (χ0) is 13.7. The van der Waals surface area contributed by atoms with Gasteiger partial charge >= 0.3 is 0 Å². The summed E-state index contributed by atoms with van der Waals surface area (Å²) in [5.41, 5.74) is 1.02. The molecular formula is C14H17N3OS. The molecule has 1 amide bonds. The van der Waals surface area contributed by atoms with Gasteiger partial charge in [0, 0.05) is 16.7 Å². The minimum atomic E-state index is -0.0457. The normalized spacial score (nSPS) is 10.7. The summed E-state index contributed by atoms with van der Waals surface area (Å²) in [6.45, 7) is 4.15. The molecule has 0 bridgehead atoms. The average Bonchev–Trinajstić information content (AvgIpc) is 2.86. The second kappa shape index (κ2) is 6.43. The highest BCUT2D eigenvalue weighted by atomic mass is 32.2. The Morgan fingerprint density at radius 3 is 2.74 bits per heavy atom. The first kappa shape index (κ1) is 13.7. The molecule has 2 aromatic rings. The van der Waals surface area contributed by atoms with Gasteiger partial charge in [0.05, 0.1) is 5.75 Å². The molecule has 0 atom stereocenters. The van der Waals surface area contributed by atoms with Crippen LogP contribution in [0.1, 0.15) is 25.5 Å². The summed E-state index contributed by atoms with van der Waals surface area (Å²) in [7, 11) is 0. The van der Waals surface area contributed by atoms with E-state index in [0.29, 0.717) is 17.5 Å². The quantitative estimate of drug-likeness (QED) is 0.823. The summed E-state index contributed by atoms with van der Waals surface area (Å²) in [5, 5.41) is 9.76. The highest BCUT2D eigenvalue weighted by Crippen LogP contribution is 2.18. The summed E-state index contributed by atoms with van der Waals surface area (Å²) in [6.07, 6.45) is 0. The molecule has 5 heteroatoms. The van der Waals surface area contributed by atoms with Crippen molar-refractivity contribution in [3.05, 3.63) is 42.1 Å². The Bertz CT molecular complexity index is 537. The van der Waals surface area contributed by atoms with E-state index >= 15 is 0 Å². The van der Waals surface area contributed by atoms with Crippen LogP contribution in [-0.4, -0.2) is 21.9 Å². The fraction of sp³-hybridized carbons (Fsp3) is 0.286. The molecule has 4 nitrogen and oxygen atoms in total. The van der Waals surface area contributed by atoms with E-state index in [1.807, 2.05) is 36.4 Å². The number of nitrogens with zero attached hydrogens (tertiary/aromatic N) is 1. The zero-order valence-electron chi connectivity index (χ0n) is 11.0. The molecule has 2 rings (SSSR count). The van der Waals surface area contributed by atoms with Crippen molar-refractivity contribution in [1.82, 2.24) is 10.2 Å². The topological polar surface area (TPSA) is 57.8 Å². The van der Waals surface area contributed by atoms with Gasteiger partial charge in [0.2, 0.25) is 5.91 Å². The van der Waals surface area contributed by atoms with Gasteiger partial charge in [0.15, 0.2) is 5.82 Å². The lowest BCUT2D eigenvalue weighted by Crippen LogP contribution is -2.14. The maximum absolute atomic E-state index is 11.8. The Morgan fingerprint density at radius 2 is 2.11 bits per heavy atom. The van der Waals surface area contributed by atoms with Gasteiger partial charge in [-0.05, 0) is 18.1 Å².